The largest absolute Gasteiger partial charge is 0.376 e. The minimum atomic E-state index is 0.243. The van der Waals surface area contributed by atoms with Gasteiger partial charge in [0.1, 0.15) is 0 Å². The van der Waals surface area contributed by atoms with E-state index in [1.54, 1.807) is 11.3 Å². The molecule has 2 aliphatic heterocycles. The first-order chi connectivity index (χ1) is 11.9. The molecule has 0 aromatic carbocycles. The Hall–Kier alpha value is -1.58. The summed E-state index contributed by atoms with van der Waals surface area (Å²) in [5.41, 5.74) is 3.06. The smallest absolute Gasteiger partial charge is 0.245 e. The van der Waals surface area contributed by atoms with Gasteiger partial charge in [-0.2, -0.15) is 0 Å². The van der Waals surface area contributed by atoms with Gasteiger partial charge in [-0.1, -0.05) is 5.10 Å². The Morgan fingerprint density at radius 2 is 2.12 bits per heavy atom. The molecule has 1 atom stereocenters. The molecule has 130 valence electrons. The molecule has 0 aliphatic carbocycles. The maximum Gasteiger partial charge on any atom is 0.245 e. The Bertz CT molecular complexity index is 618. The van der Waals surface area contributed by atoms with Crippen molar-refractivity contribution in [2.75, 3.05) is 37.7 Å². The van der Waals surface area contributed by atoms with Crippen molar-refractivity contribution in [3.05, 3.63) is 16.6 Å². The average Bonchev–Trinajstić information content (AvgIpc) is 3.29. The van der Waals surface area contributed by atoms with E-state index in [1.807, 2.05) is 10.2 Å². The third-order valence-corrected chi connectivity index (χ3v) is 5.32. The van der Waals surface area contributed by atoms with Crippen LogP contribution in [-0.2, 0) is 17.8 Å². The molecule has 8 nitrogen and oxygen atoms in total. The van der Waals surface area contributed by atoms with Gasteiger partial charge in [-0.15, -0.1) is 11.3 Å². The number of piperazine rings is 1. The molecule has 0 radical (unpaired) electrons. The summed E-state index contributed by atoms with van der Waals surface area (Å²) in [6, 6.07) is 0. The lowest BCUT2D eigenvalue weighted by Crippen LogP contribution is -2.47. The zero-order valence-corrected chi connectivity index (χ0v) is 14.6. The van der Waals surface area contributed by atoms with Crippen LogP contribution in [0.25, 0.3) is 0 Å². The van der Waals surface area contributed by atoms with Crippen LogP contribution in [0.3, 0.4) is 0 Å². The second-order valence-corrected chi connectivity index (χ2v) is 7.11. The van der Waals surface area contributed by atoms with Gasteiger partial charge in [0.15, 0.2) is 0 Å². The van der Waals surface area contributed by atoms with Crippen LogP contribution in [0.4, 0.5) is 5.95 Å². The van der Waals surface area contributed by atoms with Crippen LogP contribution in [0.2, 0.25) is 0 Å². The van der Waals surface area contributed by atoms with Crippen LogP contribution in [0.1, 0.15) is 25.0 Å². The molecule has 2 saturated heterocycles. The van der Waals surface area contributed by atoms with Gasteiger partial charge in [0, 0.05) is 44.7 Å². The highest BCUT2D eigenvalue weighted by Gasteiger charge is 2.24. The maximum absolute atomic E-state index is 5.82. The summed E-state index contributed by atoms with van der Waals surface area (Å²) >= 11 is 1.66. The molecule has 2 aromatic rings. The van der Waals surface area contributed by atoms with Crippen molar-refractivity contribution >= 4 is 17.3 Å². The fourth-order valence-electron chi connectivity index (χ4n) is 3.34. The molecular formula is C15H23N7OS. The number of rotatable bonds is 5. The van der Waals surface area contributed by atoms with E-state index < -0.39 is 0 Å². The Balaban J connectivity index is 1.33. The first-order valence-corrected chi connectivity index (χ1v) is 9.55. The lowest BCUT2D eigenvalue weighted by molar-refractivity contribution is 0.00386. The van der Waals surface area contributed by atoms with E-state index in [1.165, 1.54) is 12.8 Å². The van der Waals surface area contributed by atoms with E-state index in [2.05, 4.69) is 35.7 Å². The number of hydrogen-bond acceptors (Lipinski definition) is 8. The third kappa shape index (κ3) is 3.73. The van der Waals surface area contributed by atoms with Crippen molar-refractivity contribution in [3.63, 3.8) is 0 Å². The minimum Gasteiger partial charge on any atom is -0.376 e. The number of anilines is 1. The fraction of sp³-hybridized carbons (Fsp3) is 0.733. The van der Waals surface area contributed by atoms with Crippen LogP contribution in [0.5, 0.6) is 0 Å². The molecule has 2 aliphatic rings. The number of aromatic nitrogens is 5. The third-order valence-electron chi connectivity index (χ3n) is 4.69. The van der Waals surface area contributed by atoms with Crippen LogP contribution < -0.4 is 4.90 Å². The molecule has 9 heteroatoms. The first kappa shape index (κ1) is 15.9. The Morgan fingerprint density at radius 1 is 1.21 bits per heavy atom. The summed E-state index contributed by atoms with van der Waals surface area (Å²) in [5, 5.41) is 14.4. The van der Waals surface area contributed by atoms with Crippen molar-refractivity contribution in [2.24, 2.45) is 0 Å². The lowest BCUT2D eigenvalue weighted by Gasteiger charge is -2.34. The molecule has 0 N–H and O–H groups in total. The number of nitrogens with zero attached hydrogens (tertiary/aromatic N) is 7. The van der Waals surface area contributed by atoms with Gasteiger partial charge in [0.2, 0.25) is 5.95 Å². The second kappa shape index (κ2) is 7.54. The standard InChI is InChI=1S/C15H23N7OS/c1-2-8-23-14(3-1)10-22-15(17-18-19-22)21-6-4-20(5-7-21)9-13-11-24-12-16-13/h11-12,14H,1-10H2. The molecule has 2 fully saturated rings. The molecule has 0 saturated carbocycles. The molecule has 2 aromatic heterocycles. The molecule has 0 bridgehead atoms. The molecule has 4 heterocycles. The summed E-state index contributed by atoms with van der Waals surface area (Å²) in [6.45, 7) is 6.43. The molecule has 0 spiro atoms. The highest BCUT2D eigenvalue weighted by Crippen LogP contribution is 2.18. The highest BCUT2D eigenvalue weighted by molar-refractivity contribution is 7.07. The summed E-state index contributed by atoms with van der Waals surface area (Å²) in [6.07, 6.45) is 3.74. The number of thiazole rings is 1. The SMILES string of the molecule is c1nc(CN2CCN(c3nnnn3CC3CCCCO3)CC2)cs1. The summed E-state index contributed by atoms with van der Waals surface area (Å²) < 4.78 is 7.73. The first-order valence-electron chi connectivity index (χ1n) is 8.60. The highest BCUT2D eigenvalue weighted by atomic mass is 32.1. The van der Waals surface area contributed by atoms with Crippen LogP contribution >= 0.6 is 11.3 Å². The second-order valence-electron chi connectivity index (χ2n) is 6.39. The molecular weight excluding hydrogens is 326 g/mol. The Morgan fingerprint density at radius 3 is 2.88 bits per heavy atom. The van der Waals surface area contributed by atoms with Crippen molar-refractivity contribution in [1.29, 1.82) is 0 Å². The number of ether oxygens (including phenoxy) is 1. The zero-order chi connectivity index (χ0) is 16.2. The van der Waals surface area contributed by atoms with Gasteiger partial charge in [-0.25, -0.2) is 9.67 Å². The normalized spacial score (nSPS) is 22.8. The van der Waals surface area contributed by atoms with E-state index in [0.717, 1.165) is 63.9 Å². The van der Waals surface area contributed by atoms with E-state index in [4.69, 9.17) is 4.74 Å². The van der Waals surface area contributed by atoms with Gasteiger partial charge < -0.3 is 9.64 Å². The minimum absolute atomic E-state index is 0.243. The summed E-state index contributed by atoms with van der Waals surface area (Å²) in [5.74, 6) is 0.873. The van der Waals surface area contributed by atoms with E-state index in [-0.39, 0.29) is 6.10 Å². The number of hydrogen-bond donors (Lipinski definition) is 0. The zero-order valence-electron chi connectivity index (χ0n) is 13.8. The van der Waals surface area contributed by atoms with Crippen molar-refractivity contribution in [1.82, 2.24) is 30.1 Å². The van der Waals surface area contributed by atoms with Gasteiger partial charge >= 0.3 is 0 Å². The average molecular weight is 349 g/mol. The van der Waals surface area contributed by atoms with Crippen molar-refractivity contribution in [3.8, 4) is 0 Å². The molecule has 24 heavy (non-hydrogen) atoms. The molecule has 1 unspecified atom stereocenters. The van der Waals surface area contributed by atoms with Crippen molar-refractivity contribution in [2.45, 2.75) is 38.5 Å². The number of tetrazole rings is 1. The quantitative estimate of drug-likeness (QED) is 0.798. The predicted octanol–water partition coefficient (Wildman–Crippen LogP) is 1.02. The van der Waals surface area contributed by atoms with Gasteiger partial charge in [0.05, 0.1) is 23.9 Å². The van der Waals surface area contributed by atoms with Gasteiger partial charge in [-0.3, -0.25) is 4.90 Å². The van der Waals surface area contributed by atoms with Crippen LogP contribution in [0.15, 0.2) is 10.9 Å². The van der Waals surface area contributed by atoms with Crippen molar-refractivity contribution < 1.29 is 4.74 Å². The van der Waals surface area contributed by atoms with E-state index in [0.29, 0.717) is 0 Å². The van der Waals surface area contributed by atoms with E-state index >= 15 is 0 Å². The summed E-state index contributed by atoms with van der Waals surface area (Å²) in [4.78, 5) is 9.08. The van der Waals surface area contributed by atoms with Crippen LogP contribution in [-0.4, -0.2) is 69.0 Å². The fourth-order valence-corrected chi connectivity index (χ4v) is 3.89. The summed E-state index contributed by atoms with van der Waals surface area (Å²) in [7, 11) is 0. The Labute approximate surface area is 145 Å². The Kier molecular flexibility index (Phi) is 5.00. The molecule has 4 rings (SSSR count). The monoisotopic (exact) mass is 349 g/mol. The molecule has 0 amide bonds. The van der Waals surface area contributed by atoms with Crippen LogP contribution in [0, 0.1) is 0 Å². The van der Waals surface area contributed by atoms with Gasteiger partial charge in [0.25, 0.3) is 0 Å². The lowest BCUT2D eigenvalue weighted by atomic mass is 10.1. The topological polar surface area (TPSA) is 72.2 Å². The maximum atomic E-state index is 5.82. The predicted molar refractivity (Wildman–Crippen MR) is 91.0 cm³/mol. The van der Waals surface area contributed by atoms with Gasteiger partial charge in [-0.05, 0) is 29.7 Å². The van der Waals surface area contributed by atoms with E-state index in [9.17, 15) is 0 Å².